The number of likely N-dealkylation sites (tertiary alicyclic amines) is 1. The topological polar surface area (TPSA) is 69.7 Å². The fourth-order valence-corrected chi connectivity index (χ4v) is 3.72. The number of para-hydroxylation sites is 1. The minimum Gasteiger partial charge on any atom is -0.353 e. The molecule has 2 aliphatic heterocycles. The molecule has 1 aromatic rings. The summed E-state index contributed by atoms with van der Waals surface area (Å²) in [5.74, 6) is -1.23. The standard InChI is InChI=1S/C20H26FN3O3/c1-13(2)20(27)23-9-7-15(8-10-23)22-19(26)14-11-18(25)24(12-14)17-6-4-3-5-16(17)21/h3-6,13-15H,7-12H2,1-2H3,(H,22,26). The lowest BCUT2D eigenvalue weighted by molar-refractivity contribution is -0.135. The highest BCUT2D eigenvalue weighted by molar-refractivity contribution is 6.00. The van der Waals surface area contributed by atoms with Gasteiger partial charge in [0.05, 0.1) is 11.6 Å². The third-order valence-corrected chi connectivity index (χ3v) is 5.29. The van der Waals surface area contributed by atoms with Crippen LogP contribution in [0.15, 0.2) is 24.3 Å². The number of carbonyl (C=O) groups is 3. The van der Waals surface area contributed by atoms with Gasteiger partial charge in [-0.1, -0.05) is 26.0 Å². The zero-order valence-corrected chi connectivity index (χ0v) is 15.8. The molecule has 1 N–H and O–H groups in total. The Balaban J connectivity index is 1.53. The number of carbonyl (C=O) groups excluding carboxylic acids is 3. The first kappa shape index (κ1) is 19.3. The first-order chi connectivity index (χ1) is 12.9. The second-order valence-electron chi connectivity index (χ2n) is 7.62. The summed E-state index contributed by atoms with van der Waals surface area (Å²) in [6.45, 7) is 5.22. The van der Waals surface area contributed by atoms with Crippen LogP contribution in [-0.4, -0.2) is 48.3 Å². The highest BCUT2D eigenvalue weighted by Crippen LogP contribution is 2.27. The second kappa shape index (κ2) is 8.06. The predicted molar refractivity (Wildman–Crippen MR) is 99.4 cm³/mol. The number of halogens is 1. The lowest BCUT2D eigenvalue weighted by atomic mass is 10.0. The summed E-state index contributed by atoms with van der Waals surface area (Å²) >= 11 is 0. The van der Waals surface area contributed by atoms with Gasteiger partial charge in [-0.2, -0.15) is 0 Å². The number of hydrogen-bond donors (Lipinski definition) is 1. The van der Waals surface area contributed by atoms with E-state index in [2.05, 4.69) is 5.32 Å². The minimum atomic E-state index is -0.479. The summed E-state index contributed by atoms with van der Waals surface area (Å²) in [5.41, 5.74) is 0.221. The summed E-state index contributed by atoms with van der Waals surface area (Å²) < 4.78 is 13.9. The van der Waals surface area contributed by atoms with E-state index in [1.165, 1.54) is 11.0 Å². The molecule has 2 fully saturated rings. The normalized spacial score (nSPS) is 21.0. The van der Waals surface area contributed by atoms with Gasteiger partial charge in [0.2, 0.25) is 17.7 Å². The van der Waals surface area contributed by atoms with Crippen LogP contribution in [-0.2, 0) is 14.4 Å². The quantitative estimate of drug-likeness (QED) is 0.874. The van der Waals surface area contributed by atoms with Crippen molar-refractivity contribution in [1.29, 1.82) is 0 Å². The Kier molecular flexibility index (Phi) is 5.77. The number of rotatable bonds is 4. The summed E-state index contributed by atoms with van der Waals surface area (Å²) in [6.07, 6.45) is 1.51. The van der Waals surface area contributed by atoms with Crippen molar-refractivity contribution in [2.24, 2.45) is 11.8 Å². The number of piperidine rings is 1. The Morgan fingerprint density at radius 1 is 1.19 bits per heavy atom. The molecule has 1 unspecified atom stereocenters. The molecular weight excluding hydrogens is 349 g/mol. The maximum Gasteiger partial charge on any atom is 0.227 e. The zero-order valence-electron chi connectivity index (χ0n) is 15.8. The average Bonchev–Trinajstić information content (AvgIpc) is 3.04. The van der Waals surface area contributed by atoms with E-state index in [0.29, 0.717) is 25.9 Å². The molecule has 0 bridgehead atoms. The largest absolute Gasteiger partial charge is 0.353 e. The van der Waals surface area contributed by atoms with Crippen molar-refractivity contribution in [3.05, 3.63) is 30.1 Å². The first-order valence-electron chi connectivity index (χ1n) is 9.51. The summed E-state index contributed by atoms with van der Waals surface area (Å²) in [6, 6.07) is 6.11. The molecule has 2 aliphatic rings. The Morgan fingerprint density at radius 2 is 1.85 bits per heavy atom. The Morgan fingerprint density at radius 3 is 2.48 bits per heavy atom. The molecule has 0 aromatic heterocycles. The zero-order chi connectivity index (χ0) is 19.6. The van der Waals surface area contributed by atoms with Gasteiger partial charge < -0.3 is 15.1 Å². The Bertz CT molecular complexity index is 729. The first-order valence-corrected chi connectivity index (χ1v) is 9.51. The van der Waals surface area contributed by atoms with Gasteiger partial charge in [0.25, 0.3) is 0 Å². The maximum absolute atomic E-state index is 13.9. The number of nitrogens with zero attached hydrogens (tertiary/aromatic N) is 2. The van der Waals surface area contributed by atoms with Crippen molar-refractivity contribution in [2.45, 2.75) is 39.2 Å². The van der Waals surface area contributed by atoms with Gasteiger partial charge in [-0.05, 0) is 25.0 Å². The molecule has 0 spiro atoms. The molecule has 1 atom stereocenters. The molecule has 2 saturated heterocycles. The van der Waals surface area contributed by atoms with Crippen LogP contribution in [0.4, 0.5) is 10.1 Å². The number of benzene rings is 1. The van der Waals surface area contributed by atoms with Crippen molar-refractivity contribution < 1.29 is 18.8 Å². The van der Waals surface area contributed by atoms with Crippen LogP contribution < -0.4 is 10.2 Å². The van der Waals surface area contributed by atoms with Crippen LogP contribution in [0.1, 0.15) is 33.1 Å². The van der Waals surface area contributed by atoms with Gasteiger partial charge in [0.15, 0.2) is 0 Å². The van der Waals surface area contributed by atoms with Crippen LogP contribution in [0.3, 0.4) is 0 Å². The van der Waals surface area contributed by atoms with E-state index in [-0.39, 0.29) is 48.3 Å². The summed E-state index contributed by atoms with van der Waals surface area (Å²) in [4.78, 5) is 40.1. The summed E-state index contributed by atoms with van der Waals surface area (Å²) in [5, 5.41) is 3.01. The van der Waals surface area contributed by atoms with Crippen LogP contribution >= 0.6 is 0 Å². The van der Waals surface area contributed by atoms with E-state index >= 15 is 0 Å². The molecule has 146 valence electrons. The molecule has 7 heteroatoms. The molecule has 0 saturated carbocycles. The van der Waals surface area contributed by atoms with Crippen molar-refractivity contribution in [3.8, 4) is 0 Å². The fraction of sp³-hybridized carbons (Fsp3) is 0.550. The van der Waals surface area contributed by atoms with E-state index < -0.39 is 11.7 Å². The van der Waals surface area contributed by atoms with Crippen LogP contribution in [0.5, 0.6) is 0 Å². The molecule has 3 amide bonds. The number of anilines is 1. The van der Waals surface area contributed by atoms with Crippen molar-refractivity contribution in [2.75, 3.05) is 24.5 Å². The lowest BCUT2D eigenvalue weighted by Crippen LogP contribution is -2.48. The van der Waals surface area contributed by atoms with Crippen LogP contribution in [0.2, 0.25) is 0 Å². The van der Waals surface area contributed by atoms with Gasteiger partial charge in [-0.25, -0.2) is 4.39 Å². The summed E-state index contributed by atoms with van der Waals surface area (Å²) in [7, 11) is 0. The van der Waals surface area contributed by atoms with E-state index in [9.17, 15) is 18.8 Å². The van der Waals surface area contributed by atoms with Gasteiger partial charge >= 0.3 is 0 Å². The van der Waals surface area contributed by atoms with Gasteiger partial charge in [0, 0.05) is 38.0 Å². The SMILES string of the molecule is CC(C)C(=O)N1CCC(NC(=O)C2CC(=O)N(c3ccccc3F)C2)CC1. The lowest BCUT2D eigenvalue weighted by Gasteiger charge is -2.33. The maximum atomic E-state index is 13.9. The predicted octanol–water partition coefficient (Wildman–Crippen LogP) is 1.94. The molecular formula is C20H26FN3O3. The number of hydrogen-bond acceptors (Lipinski definition) is 3. The van der Waals surface area contributed by atoms with Gasteiger partial charge in [-0.3, -0.25) is 14.4 Å². The Labute approximate surface area is 158 Å². The van der Waals surface area contributed by atoms with E-state index in [1.54, 1.807) is 18.2 Å². The molecule has 0 radical (unpaired) electrons. The molecule has 1 aromatic carbocycles. The third kappa shape index (κ3) is 4.28. The van der Waals surface area contributed by atoms with Crippen molar-refractivity contribution >= 4 is 23.4 Å². The second-order valence-corrected chi connectivity index (χ2v) is 7.62. The average molecular weight is 375 g/mol. The van der Waals surface area contributed by atoms with E-state index in [1.807, 2.05) is 18.7 Å². The molecule has 27 heavy (non-hydrogen) atoms. The van der Waals surface area contributed by atoms with Gasteiger partial charge in [-0.15, -0.1) is 0 Å². The molecule has 0 aliphatic carbocycles. The highest BCUT2D eigenvalue weighted by atomic mass is 19.1. The minimum absolute atomic E-state index is 0.00586. The Hall–Kier alpha value is -2.44. The van der Waals surface area contributed by atoms with Crippen molar-refractivity contribution in [1.82, 2.24) is 10.2 Å². The smallest absolute Gasteiger partial charge is 0.227 e. The van der Waals surface area contributed by atoms with Crippen LogP contribution in [0, 0.1) is 17.7 Å². The number of nitrogens with one attached hydrogen (secondary N) is 1. The molecule has 2 heterocycles. The van der Waals surface area contributed by atoms with Crippen molar-refractivity contribution in [3.63, 3.8) is 0 Å². The third-order valence-electron chi connectivity index (χ3n) is 5.29. The fourth-order valence-electron chi connectivity index (χ4n) is 3.72. The highest BCUT2D eigenvalue weighted by Gasteiger charge is 2.37. The van der Waals surface area contributed by atoms with Gasteiger partial charge in [0.1, 0.15) is 5.82 Å². The monoisotopic (exact) mass is 375 g/mol. The van der Waals surface area contributed by atoms with E-state index in [4.69, 9.17) is 0 Å². The number of amides is 3. The van der Waals surface area contributed by atoms with Crippen LogP contribution in [0.25, 0.3) is 0 Å². The molecule has 6 nitrogen and oxygen atoms in total. The van der Waals surface area contributed by atoms with E-state index in [0.717, 1.165) is 0 Å². The molecule has 3 rings (SSSR count).